The van der Waals surface area contributed by atoms with Gasteiger partial charge in [-0.25, -0.2) is 0 Å². The summed E-state index contributed by atoms with van der Waals surface area (Å²) in [5.74, 6) is 0. The van der Waals surface area contributed by atoms with Crippen LogP contribution in [0.1, 0.15) is 30.3 Å². The van der Waals surface area contributed by atoms with Crippen molar-refractivity contribution < 1.29 is 0 Å². The van der Waals surface area contributed by atoms with Crippen LogP contribution in [0.15, 0.2) is 146 Å². The fourth-order valence-electron chi connectivity index (χ4n) is 5.73. The van der Waals surface area contributed by atoms with E-state index in [-0.39, 0.29) is 5.41 Å². The van der Waals surface area contributed by atoms with Crippen molar-refractivity contribution in [2.45, 2.75) is 18.8 Å². The SMILES string of the molecule is CC1(c2ccccn2)C=C(c2ccccn2)C=C(c2cncc(-c3cc(-c4ccccn4)cc(-c4ccccn4)c3)c2)C1. The zero-order valence-corrected chi connectivity index (χ0v) is 23.8. The third-order valence-corrected chi connectivity index (χ3v) is 7.87. The van der Waals surface area contributed by atoms with Crippen molar-refractivity contribution in [3.05, 3.63) is 163 Å². The van der Waals surface area contributed by atoms with Crippen molar-refractivity contribution in [2.75, 3.05) is 0 Å². The second-order valence-electron chi connectivity index (χ2n) is 11.0. The van der Waals surface area contributed by atoms with E-state index in [4.69, 9.17) is 9.97 Å². The van der Waals surface area contributed by atoms with Crippen LogP contribution in [0.25, 0.3) is 44.8 Å². The van der Waals surface area contributed by atoms with Crippen molar-refractivity contribution in [2.24, 2.45) is 0 Å². The molecule has 0 aliphatic heterocycles. The molecule has 43 heavy (non-hydrogen) atoms. The smallest absolute Gasteiger partial charge is 0.0702 e. The van der Waals surface area contributed by atoms with Gasteiger partial charge in [-0.05, 0) is 108 Å². The lowest BCUT2D eigenvalue weighted by molar-refractivity contribution is 0.589. The van der Waals surface area contributed by atoms with Gasteiger partial charge >= 0.3 is 0 Å². The minimum Gasteiger partial charge on any atom is -0.263 e. The van der Waals surface area contributed by atoms with Crippen LogP contribution >= 0.6 is 0 Å². The first-order chi connectivity index (χ1) is 21.1. The van der Waals surface area contributed by atoms with Gasteiger partial charge in [-0.15, -0.1) is 0 Å². The van der Waals surface area contributed by atoms with Crippen LogP contribution in [-0.2, 0) is 5.41 Å². The third-order valence-electron chi connectivity index (χ3n) is 7.87. The van der Waals surface area contributed by atoms with Crippen molar-refractivity contribution in [3.8, 4) is 33.6 Å². The average Bonchev–Trinajstić information content (AvgIpc) is 3.09. The molecule has 1 atom stereocenters. The first kappa shape index (κ1) is 26.4. The zero-order chi connectivity index (χ0) is 29.1. The molecule has 0 amide bonds. The Morgan fingerprint density at radius 2 is 1.07 bits per heavy atom. The number of aromatic nitrogens is 5. The zero-order valence-electron chi connectivity index (χ0n) is 23.8. The fraction of sp³-hybridized carbons (Fsp3) is 0.0789. The highest BCUT2D eigenvalue weighted by Gasteiger charge is 2.31. The van der Waals surface area contributed by atoms with Crippen molar-refractivity contribution in [1.29, 1.82) is 0 Å². The van der Waals surface area contributed by atoms with Crippen LogP contribution in [0.3, 0.4) is 0 Å². The molecule has 0 radical (unpaired) electrons. The average molecular weight is 556 g/mol. The Morgan fingerprint density at radius 3 is 1.65 bits per heavy atom. The van der Waals surface area contributed by atoms with Gasteiger partial charge in [0.25, 0.3) is 0 Å². The molecule has 1 aliphatic rings. The molecule has 5 nitrogen and oxygen atoms in total. The lowest BCUT2D eigenvalue weighted by atomic mass is 9.73. The first-order valence-corrected chi connectivity index (χ1v) is 14.3. The second-order valence-corrected chi connectivity index (χ2v) is 11.0. The van der Waals surface area contributed by atoms with Gasteiger partial charge < -0.3 is 0 Å². The molecule has 0 saturated heterocycles. The van der Waals surface area contributed by atoms with E-state index in [2.05, 4.69) is 76.5 Å². The van der Waals surface area contributed by atoms with Crippen LogP contribution < -0.4 is 0 Å². The molecule has 5 heterocycles. The van der Waals surface area contributed by atoms with Crippen LogP contribution in [0.4, 0.5) is 0 Å². The number of benzene rings is 1. The number of nitrogens with zero attached hydrogens (tertiary/aromatic N) is 5. The summed E-state index contributed by atoms with van der Waals surface area (Å²) in [4.78, 5) is 23.4. The molecule has 0 spiro atoms. The Balaban J connectivity index is 1.34. The molecule has 0 N–H and O–H groups in total. The maximum atomic E-state index is 4.75. The molecule has 5 heteroatoms. The summed E-state index contributed by atoms with van der Waals surface area (Å²) in [7, 11) is 0. The van der Waals surface area contributed by atoms with E-state index in [0.717, 1.165) is 62.6 Å². The Labute approximate surface area is 251 Å². The molecule has 206 valence electrons. The number of rotatable bonds is 6. The van der Waals surface area contributed by atoms with Crippen LogP contribution in [-0.4, -0.2) is 24.9 Å². The summed E-state index contributed by atoms with van der Waals surface area (Å²) in [6.45, 7) is 2.25. The van der Waals surface area contributed by atoms with Gasteiger partial charge in [-0.1, -0.05) is 37.3 Å². The molecule has 1 unspecified atom stereocenters. The summed E-state index contributed by atoms with van der Waals surface area (Å²) >= 11 is 0. The minimum atomic E-state index is -0.306. The maximum Gasteiger partial charge on any atom is 0.0702 e. The number of allylic oxidation sites excluding steroid dienone is 4. The number of hydrogen-bond acceptors (Lipinski definition) is 5. The van der Waals surface area contributed by atoms with E-state index in [1.54, 1.807) is 0 Å². The first-order valence-electron chi connectivity index (χ1n) is 14.3. The van der Waals surface area contributed by atoms with Crippen molar-refractivity contribution in [3.63, 3.8) is 0 Å². The standard InChI is InChI=1S/C38H29N5/c1-38(37-13-5-9-17-43-37)23-30(21-31(24-38)36-12-4-8-16-42-36)33-22-32(25-39-26-33)27-18-28(34-10-2-6-14-40-34)20-29(19-27)35-11-3-7-15-41-35/h2-22,24-26H,23H2,1H3. The van der Waals surface area contributed by atoms with E-state index >= 15 is 0 Å². The molecule has 1 aromatic carbocycles. The molecule has 6 aromatic rings. The molecule has 1 aliphatic carbocycles. The van der Waals surface area contributed by atoms with E-state index in [0.29, 0.717) is 0 Å². The molecule has 7 rings (SSSR count). The Morgan fingerprint density at radius 1 is 0.535 bits per heavy atom. The van der Waals surface area contributed by atoms with E-state index in [9.17, 15) is 0 Å². The quantitative estimate of drug-likeness (QED) is 0.206. The van der Waals surface area contributed by atoms with Crippen molar-refractivity contribution in [1.82, 2.24) is 24.9 Å². The highest BCUT2D eigenvalue weighted by molar-refractivity contribution is 5.88. The summed E-state index contributed by atoms with van der Waals surface area (Å²) in [6, 6.07) is 32.9. The number of hydrogen-bond donors (Lipinski definition) is 0. The van der Waals surface area contributed by atoms with Crippen LogP contribution in [0.2, 0.25) is 0 Å². The highest BCUT2D eigenvalue weighted by atomic mass is 14.7. The normalized spacial score (nSPS) is 16.3. The number of pyridine rings is 5. The summed E-state index contributed by atoms with van der Waals surface area (Å²) in [6.07, 6.45) is 16.6. The maximum absolute atomic E-state index is 4.75. The molecule has 0 saturated carbocycles. The lowest BCUT2D eigenvalue weighted by Crippen LogP contribution is -2.24. The van der Waals surface area contributed by atoms with Gasteiger partial charge in [-0.3, -0.25) is 24.9 Å². The Bertz CT molecular complexity index is 1880. The van der Waals surface area contributed by atoms with E-state index in [1.165, 1.54) is 5.57 Å². The van der Waals surface area contributed by atoms with Gasteiger partial charge in [-0.2, -0.15) is 0 Å². The monoisotopic (exact) mass is 555 g/mol. The Kier molecular flexibility index (Phi) is 6.97. The molecular weight excluding hydrogens is 526 g/mol. The lowest BCUT2D eigenvalue weighted by Gasteiger charge is -2.31. The summed E-state index contributed by atoms with van der Waals surface area (Å²) in [5.41, 5.74) is 11.0. The molecule has 0 fully saturated rings. The topological polar surface area (TPSA) is 64.5 Å². The van der Waals surface area contributed by atoms with Gasteiger partial charge in [0.15, 0.2) is 0 Å². The molecular formula is C38H29N5. The largest absolute Gasteiger partial charge is 0.263 e. The molecule has 5 aromatic heterocycles. The third kappa shape index (κ3) is 5.53. The van der Waals surface area contributed by atoms with Crippen LogP contribution in [0, 0.1) is 0 Å². The highest BCUT2D eigenvalue weighted by Crippen LogP contribution is 2.43. The summed E-state index contributed by atoms with van der Waals surface area (Å²) in [5, 5.41) is 0. The van der Waals surface area contributed by atoms with E-state index in [1.807, 2.05) is 91.8 Å². The minimum absolute atomic E-state index is 0.306. The van der Waals surface area contributed by atoms with Gasteiger partial charge in [0.05, 0.1) is 22.8 Å². The van der Waals surface area contributed by atoms with E-state index < -0.39 is 0 Å². The predicted molar refractivity (Wildman–Crippen MR) is 173 cm³/mol. The fourth-order valence-corrected chi connectivity index (χ4v) is 5.73. The van der Waals surface area contributed by atoms with Gasteiger partial charge in [0.1, 0.15) is 0 Å². The van der Waals surface area contributed by atoms with Gasteiger partial charge in [0.2, 0.25) is 0 Å². The van der Waals surface area contributed by atoms with Gasteiger partial charge in [0, 0.05) is 59.3 Å². The Hall–Kier alpha value is -5.55. The van der Waals surface area contributed by atoms with Crippen molar-refractivity contribution >= 4 is 11.1 Å². The van der Waals surface area contributed by atoms with Crippen LogP contribution in [0.5, 0.6) is 0 Å². The second kappa shape index (κ2) is 11.4. The molecule has 0 bridgehead atoms. The predicted octanol–water partition coefficient (Wildman–Crippen LogP) is 8.49. The summed E-state index contributed by atoms with van der Waals surface area (Å²) < 4.78 is 0.